The largest absolute Gasteiger partial charge is 0.493 e. The van der Waals surface area contributed by atoms with Gasteiger partial charge in [-0.2, -0.15) is 0 Å². The Labute approximate surface area is 199 Å². The predicted octanol–water partition coefficient (Wildman–Crippen LogP) is 2.94. The number of amides is 1. The Morgan fingerprint density at radius 2 is 1.83 bits per heavy atom. The van der Waals surface area contributed by atoms with Crippen LogP contribution < -0.4 is 18.9 Å². The second kappa shape index (κ2) is 7.14. The maximum atomic E-state index is 13.7. The van der Waals surface area contributed by atoms with Crippen LogP contribution in [-0.4, -0.2) is 60.4 Å². The van der Waals surface area contributed by atoms with Crippen molar-refractivity contribution in [3.63, 3.8) is 0 Å². The van der Waals surface area contributed by atoms with Gasteiger partial charge in [-0.05, 0) is 30.0 Å². The van der Waals surface area contributed by atoms with Gasteiger partial charge in [0.2, 0.25) is 17.4 Å². The molecule has 10 nitrogen and oxygen atoms in total. The van der Waals surface area contributed by atoms with Crippen molar-refractivity contribution in [1.29, 1.82) is 0 Å². The third-order valence-electron chi connectivity index (χ3n) is 7.19. The lowest BCUT2D eigenvalue weighted by atomic mass is 9.85. The fourth-order valence-corrected chi connectivity index (χ4v) is 5.68. The van der Waals surface area contributed by atoms with Gasteiger partial charge in [0.15, 0.2) is 11.5 Å². The number of carbonyl (C=O) groups excluding carboxylic acids is 3. The maximum absolute atomic E-state index is 13.7. The molecule has 1 amide bonds. The van der Waals surface area contributed by atoms with E-state index in [1.165, 1.54) is 34.3 Å². The summed E-state index contributed by atoms with van der Waals surface area (Å²) in [6.45, 7) is 1.80. The Morgan fingerprint density at radius 3 is 2.51 bits per heavy atom. The van der Waals surface area contributed by atoms with Crippen LogP contribution in [0.1, 0.15) is 39.9 Å². The summed E-state index contributed by atoms with van der Waals surface area (Å²) >= 11 is 0. The lowest BCUT2D eigenvalue weighted by Gasteiger charge is -2.27. The van der Waals surface area contributed by atoms with E-state index >= 15 is 0 Å². The highest BCUT2D eigenvalue weighted by Crippen LogP contribution is 2.67. The van der Waals surface area contributed by atoms with E-state index in [1.54, 1.807) is 23.1 Å². The second-order valence-corrected chi connectivity index (χ2v) is 8.99. The molecule has 1 saturated heterocycles. The van der Waals surface area contributed by atoms with Crippen LogP contribution in [0.4, 0.5) is 0 Å². The highest BCUT2D eigenvalue weighted by atomic mass is 16.5. The first-order chi connectivity index (χ1) is 16.8. The number of aromatic nitrogens is 2. The van der Waals surface area contributed by atoms with Crippen LogP contribution in [0.15, 0.2) is 30.0 Å². The molecule has 0 unspecified atom stereocenters. The Morgan fingerprint density at radius 1 is 1.06 bits per heavy atom. The minimum atomic E-state index is -0.472. The molecule has 35 heavy (non-hydrogen) atoms. The molecule has 3 aliphatic rings. The van der Waals surface area contributed by atoms with Gasteiger partial charge in [0, 0.05) is 42.1 Å². The van der Waals surface area contributed by atoms with Gasteiger partial charge in [-0.1, -0.05) is 0 Å². The Hall–Kier alpha value is -4.21. The first-order valence-corrected chi connectivity index (χ1v) is 11.1. The first kappa shape index (κ1) is 21.3. The number of nitrogens with one attached hydrogen (secondary N) is 2. The van der Waals surface area contributed by atoms with E-state index in [9.17, 15) is 14.4 Å². The van der Waals surface area contributed by atoms with E-state index in [4.69, 9.17) is 18.9 Å². The standard InChI is InChI=1S/C25H23N3O7/c1-11(29)35-19-7-14-21(27-19)16(30)8-18-25(14)9-13(25)10-28(18)24(31)15-5-12-6-17(32-2)22(33-3)23(34-4)20(12)26-15/h5-8,13,26-27H,9-10H2,1-4H3/t13-,25-/m1/s1. The van der Waals surface area contributed by atoms with Gasteiger partial charge in [-0.25, -0.2) is 0 Å². The van der Waals surface area contributed by atoms with Crippen LogP contribution in [0, 0.1) is 5.92 Å². The molecule has 1 spiro atoms. The highest BCUT2D eigenvalue weighted by Gasteiger charge is 2.68. The van der Waals surface area contributed by atoms with Crippen LogP contribution in [0.25, 0.3) is 10.9 Å². The molecule has 6 rings (SSSR count). The van der Waals surface area contributed by atoms with E-state index in [-0.39, 0.29) is 23.5 Å². The van der Waals surface area contributed by atoms with E-state index in [0.29, 0.717) is 46.4 Å². The molecule has 1 aliphatic heterocycles. The third kappa shape index (κ3) is 2.79. The molecule has 3 heterocycles. The summed E-state index contributed by atoms with van der Waals surface area (Å²) in [5, 5.41) is 0.731. The number of piperidine rings is 1. The number of rotatable bonds is 5. The summed E-state index contributed by atoms with van der Waals surface area (Å²) in [5.41, 5.74) is 2.42. The molecule has 10 heteroatoms. The van der Waals surface area contributed by atoms with Crippen molar-refractivity contribution in [1.82, 2.24) is 14.9 Å². The molecular formula is C25H23N3O7. The minimum Gasteiger partial charge on any atom is -0.493 e. The zero-order chi connectivity index (χ0) is 24.6. The lowest BCUT2D eigenvalue weighted by molar-refractivity contribution is -0.132. The van der Waals surface area contributed by atoms with Crippen molar-refractivity contribution in [3.05, 3.63) is 46.9 Å². The van der Waals surface area contributed by atoms with Crippen molar-refractivity contribution in [2.45, 2.75) is 18.8 Å². The first-order valence-electron chi connectivity index (χ1n) is 11.1. The van der Waals surface area contributed by atoms with Crippen LogP contribution in [-0.2, 0) is 10.2 Å². The molecule has 180 valence electrons. The van der Waals surface area contributed by atoms with Crippen LogP contribution >= 0.6 is 0 Å². The number of aromatic amines is 2. The molecular weight excluding hydrogens is 454 g/mol. The van der Waals surface area contributed by atoms with Crippen molar-refractivity contribution in [2.24, 2.45) is 5.92 Å². The van der Waals surface area contributed by atoms with Gasteiger partial charge in [0.25, 0.3) is 5.91 Å². The average Bonchev–Trinajstić information content (AvgIpc) is 3.14. The fourth-order valence-electron chi connectivity index (χ4n) is 5.68. The van der Waals surface area contributed by atoms with E-state index in [2.05, 4.69) is 9.97 Å². The normalized spacial score (nSPS) is 21.7. The Balaban J connectivity index is 1.39. The molecule has 2 aromatic heterocycles. The van der Waals surface area contributed by atoms with Gasteiger partial charge < -0.3 is 33.8 Å². The smallest absolute Gasteiger partial charge is 0.309 e. The monoisotopic (exact) mass is 477 g/mol. The van der Waals surface area contributed by atoms with Crippen LogP contribution in [0.5, 0.6) is 23.1 Å². The van der Waals surface area contributed by atoms with Crippen molar-refractivity contribution in [3.8, 4) is 23.1 Å². The van der Waals surface area contributed by atoms with Crippen LogP contribution in [0.2, 0.25) is 0 Å². The minimum absolute atomic E-state index is 0.185. The van der Waals surface area contributed by atoms with E-state index in [0.717, 1.165) is 17.4 Å². The molecule has 0 bridgehead atoms. The number of H-pyrrole nitrogens is 2. The zero-order valence-corrected chi connectivity index (χ0v) is 19.6. The maximum Gasteiger partial charge on any atom is 0.309 e. The Bertz CT molecular complexity index is 1480. The predicted molar refractivity (Wildman–Crippen MR) is 123 cm³/mol. The zero-order valence-electron chi connectivity index (χ0n) is 19.6. The number of fused-ring (bicyclic) bond motifs is 2. The van der Waals surface area contributed by atoms with Crippen molar-refractivity contribution >= 4 is 28.6 Å². The number of ketones is 1. The summed E-state index contributed by atoms with van der Waals surface area (Å²) in [7, 11) is 4.58. The van der Waals surface area contributed by atoms with Crippen molar-refractivity contribution in [2.75, 3.05) is 27.9 Å². The summed E-state index contributed by atoms with van der Waals surface area (Å²) in [6.07, 6.45) is 2.35. The molecule has 2 atom stereocenters. The van der Waals surface area contributed by atoms with Gasteiger partial charge in [-0.3, -0.25) is 14.4 Å². The van der Waals surface area contributed by atoms with Gasteiger partial charge in [0.1, 0.15) is 5.69 Å². The SMILES string of the molecule is COc1cc2cc(C(=O)N3C[C@H]4C[C@@]45C3=CC(=O)c3[nH]c(OC(C)=O)cc35)[nH]c2c(OC)c1OC. The molecule has 0 radical (unpaired) electrons. The number of ether oxygens (including phenoxy) is 4. The molecule has 2 fully saturated rings. The van der Waals surface area contributed by atoms with Gasteiger partial charge >= 0.3 is 5.97 Å². The second-order valence-electron chi connectivity index (χ2n) is 8.99. The van der Waals surface area contributed by atoms with Crippen molar-refractivity contribution < 1.29 is 33.3 Å². The number of likely N-dealkylation sites (tertiary alicyclic amines) is 1. The number of esters is 1. The lowest BCUT2D eigenvalue weighted by Crippen LogP contribution is -2.33. The number of hydrogen-bond acceptors (Lipinski definition) is 7. The number of carbonyl (C=O) groups is 3. The van der Waals surface area contributed by atoms with E-state index in [1.807, 2.05) is 0 Å². The molecule has 2 aliphatic carbocycles. The van der Waals surface area contributed by atoms with Gasteiger partial charge in [0.05, 0.1) is 32.5 Å². The number of benzene rings is 1. The molecule has 3 aromatic rings. The third-order valence-corrected chi connectivity index (χ3v) is 7.19. The Kier molecular flexibility index (Phi) is 4.35. The van der Waals surface area contributed by atoms with E-state index < -0.39 is 11.4 Å². The number of hydrogen-bond donors (Lipinski definition) is 2. The molecule has 2 N–H and O–H groups in total. The topological polar surface area (TPSA) is 123 Å². The summed E-state index contributed by atoms with van der Waals surface area (Å²) in [6, 6.07) is 5.23. The van der Waals surface area contributed by atoms with Crippen LogP contribution in [0.3, 0.4) is 0 Å². The van der Waals surface area contributed by atoms with Gasteiger partial charge in [-0.15, -0.1) is 0 Å². The average molecular weight is 477 g/mol. The number of nitrogens with zero attached hydrogens (tertiary/aromatic N) is 1. The quantitative estimate of drug-likeness (QED) is 0.542. The number of methoxy groups -OCH3 is 3. The summed E-state index contributed by atoms with van der Waals surface area (Å²) in [4.78, 5) is 45.8. The molecule has 1 saturated carbocycles. The summed E-state index contributed by atoms with van der Waals surface area (Å²) in [5.74, 6) is 0.798. The summed E-state index contributed by atoms with van der Waals surface area (Å²) < 4.78 is 21.6. The molecule has 1 aromatic carbocycles. The fraction of sp³-hybridized carbons (Fsp3) is 0.320. The number of allylic oxidation sites excluding steroid dienone is 2. The highest BCUT2D eigenvalue weighted by molar-refractivity contribution is 6.09.